The van der Waals surface area contributed by atoms with Gasteiger partial charge in [-0.15, -0.1) is 22.7 Å². The Morgan fingerprint density at radius 3 is 2.20 bits per heavy atom. The summed E-state index contributed by atoms with van der Waals surface area (Å²) in [4.78, 5) is 98.8. The van der Waals surface area contributed by atoms with Crippen LogP contribution in [0, 0.1) is 5.92 Å². The number of amides is 1. The van der Waals surface area contributed by atoms with Crippen LogP contribution in [0.5, 0.6) is 0 Å². The number of nitrogens with zero attached hydrogens (tertiary/aromatic N) is 3. The van der Waals surface area contributed by atoms with E-state index in [4.69, 9.17) is 13.9 Å². The van der Waals surface area contributed by atoms with Crippen molar-refractivity contribution in [3.05, 3.63) is 141 Å². The largest absolute Gasteiger partial charge is 0.478 e. The highest BCUT2D eigenvalue weighted by atomic mass is 32.1. The number of furan rings is 1. The smallest absolute Gasteiger partial charge is 0.258 e. The number of pyridine rings is 2. The summed E-state index contributed by atoms with van der Waals surface area (Å²) in [5.41, 5.74) is -5.90. The van der Waals surface area contributed by atoms with Gasteiger partial charge in [-0.25, -0.2) is 0 Å². The summed E-state index contributed by atoms with van der Waals surface area (Å²) in [5.74, 6) is -7.31. The van der Waals surface area contributed by atoms with Gasteiger partial charge < -0.3 is 18.8 Å². The molecule has 4 unspecified atom stereocenters. The van der Waals surface area contributed by atoms with Crippen LogP contribution < -0.4 is 0 Å². The molecule has 4 atom stereocenters. The van der Waals surface area contributed by atoms with Crippen molar-refractivity contribution in [2.24, 2.45) is 5.92 Å². The van der Waals surface area contributed by atoms with E-state index in [1.165, 1.54) is 79.6 Å². The summed E-state index contributed by atoms with van der Waals surface area (Å²) in [6, 6.07) is 13.1. The standard InChI is InChI=1S/C36H25N3O9S2/c40-28(23-4-1-11-38-20-23)32-35(30(42)22-7-12-37-13-8-22,39(14-17-47-32)33(44)24-9-15-46-21-24)34(45)36(31(43)27-6-3-19-50-27)25(10-16-48-36)29(41)26-5-2-18-49-26/h1-13,15-16,18-21,25,32H,14,17H2. The van der Waals surface area contributed by atoms with Crippen molar-refractivity contribution in [2.75, 3.05) is 13.2 Å². The number of carbonyl (C=O) groups excluding carboxylic acids is 6. The van der Waals surface area contributed by atoms with E-state index < -0.39 is 58.0 Å². The molecule has 0 bridgehead atoms. The van der Waals surface area contributed by atoms with Gasteiger partial charge in [-0.05, 0) is 59.3 Å². The number of ketones is 5. The molecular formula is C36H25N3O9S2. The van der Waals surface area contributed by atoms with Crippen molar-refractivity contribution in [3.63, 3.8) is 0 Å². The van der Waals surface area contributed by atoms with Gasteiger partial charge >= 0.3 is 0 Å². The molecule has 250 valence electrons. The number of thiophene rings is 2. The first-order valence-corrected chi connectivity index (χ1v) is 17.0. The van der Waals surface area contributed by atoms with Crippen molar-refractivity contribution in [1.29, 1.82) is 0 Å². The summed E-state index contributed by atoms with van der Waals surface area (Å²) in [5, 5.41) is 3.27. The number of hydrogen-bond acceptors (Lipinski definition) is 13. The quantitative estimate of drug-likeness (QED) is 0.137. The van der Waals surface area contributed by atoms with E-state index in [9.17, 15) is 19.2 Å². The van der Waals surface area contributed by atoms with Gasteiger partial charge in [0.25, 0.3) is 5.91 Å². The Kier molecular flexibility index (Phi) is 8.74. The fourth-order valence-corrected chi connectivity index (χ4v) is 7.81. The molecule has 7 rings (SSSR count). The lowest BCUT2D eigenvalue weighted by molar-refractivity contribution is -0.155. The van der Waals surface area contributed by atoms with Gasteiger partial charge in [-0.2, -0.15) is 0 Å². The first-order chi connectivity index (χ1) is 24.3. The highest BCUT2D eigenvalue weighted by Crippen LogP contribution is 2.46. The van der Waals surface area contributed by atoms with Crippen molar-refractivity contribution in [1.82, 2.24) is 14.9 Å². The molecule has 2 aliphatic rings. The fourth-order valence-electron chi connectivity index (χ4n) is 6.38. The lowest BCUT2D eigenvalue weighted by atomic mass is 9.65. The Hall–Kier alpha value is -5.70. The normalized spacial score (nSPS) is 22.8. The Morgan fingerprint density at radius 2 is 1.54 bits per heavy atom. The number of morpholine rings is 1. The van der Waals surface area contributed by atoms with Crippen LogP contribution in [0.4, 0.5) is 0 Å². The third-order valence-corrected chi connectivity index (χ3v) is 10.4. The predicted octanol–water partition coefficient (Wildman–Crippen LogP) is 4.77. The number of ether oxygens (including phenoxy) is 2. The summed E-state index contributed by atoms with van der Waals surface area (Å²) in [6.07, 6.45) is 7.95. The Morgan fingerprint density at radius 1 is 0.780 bits per heavy atom. The maximum atomic E-state index is 16.1. The van der Waals surface area contributed by atoms with E-state index in [2.05, 4.69) is 9.97 Å². The number of hydrogen-bond donors (Lipinski definition) is 0. The molecule has 1 saturated heterocycles. The summed E-state index contributed by atoms with van der Waals surface area (Å²) in [6.45, 7) is -0.648. The summed E-state index contributed by atoms with van der Waals surface area (Å²) in [7, 11) is 0. The summed E-state index contributed by atoms with van der Waals surface area (Å²) >= 11 is 2.08. The second-order valence-electron chi connectivity index (χ2n) is 11.3. The molecule has 7 heterocycles. The monoisotopic (exact) mass is 707 g/mol. The molecule has 0 aromatic carbocycles. The molecule has 1 fully saturated rings. The SMILES string of the molecule is O=C(c1cccs1)C1C=COC1(C(=O)c1cccs1)C(=O)C1(C(=O)c2ccncc2)C(C(=O)c2cccnc2)OCCN1C(=O)c1ccoc1. The molecule has 0 radical (unpaired) electrons. The second kappa shape index (κ2) is 13.3. The number of Topliss-reactive ketones (excluding diaryl/α,β-unsaturated/α-hetero) is 5. The van der Waals surface area contributed by atoms with Crippen LogP contribution in [0.2, 0.25) is 0 Å². The minimum Gasteiger partial charge on any atom is -0.478 e. The molecule has 0 N–H and O–H groups in total. The van der Waals surface area contributed by atoms with Crippen molar-refractivity contribution >= 4 is 57.5 Å². The van der Waals surface area contributed by atoms with E-state index >= 15 is 9.59 Å². The molecule has 5 aromatic rings. The molecule has 0 aliphatic carbocycles. The van der Waals surface area contributed by atoms with E-state index in [-0.39, 0.29) is 39.6 Å². The zero-order valence-corrected chi connectivity index (χ0v) is 27.5. The number of rotatable bonds is 11. The van der Waals surface area contributed by atoms with E-state index in [1.54, 1.807) is 22.9 Å². The van der Waals surface area contributed by atoms with Crippen LogP contribution >= 0.6 is 22.7 Å². The lowest BCUT2D eigenvalue weighted by Gasteiger charge is -2.51. The van der Waals surface area contributed by atoms with Crippen LogP contribution in [0.1, 0.15) is 50.4 Å². The second-order valence-corrected chi connectivity index (χ2v) is 13.2. The van der Waals surface area contributed by atoms with Gasteiger partial charge in [0.15, 0.2) is 23.5 Å². The molecule has 2 aliphatic heterocycles. The summed E-state index contributed by atoms with van der Waals surface area (Å²) < 4.78 is 17.3. The first kappa shape index (κ1) is 32.8. The first-order valence-electron chi connectivity index (χ1n) is 15.2. The molecule has 0 spiro atoms. The minimum atomic E-state index is -2.92. The van der Waals surface area contributed by atoms with Gasteiger partial charge in [0, 0.05) is 42.5 Å². The zero-order valence-electron chi connectivity index (χ0n) is 25.9. The van der Waals surface area contributed by atoms with E-state index in [0.29, 0.717) is 0 Å². The van der Waals surface area contributed by atoms with Gasteiger partial charge in [0.2, 0.25) is 22.7 Å². The minimum absolute atomic E-state index is 0.0369. The Labute approximate surface area is 292 Å². The average Bonchev–Trinajstić information content (AvgIpc) is 4.01. The van der Waals surface area contributed by atoms with Crippen molar-refractivity contribution in [3.8, 4) is 0 Å². The van der Waals surface area contributed by atoms with Crippen LogP contribution in [0.3, 0.4) is 0 Å². The third kappa shape index (κ3) is 5.16. The zero-order chi connectivity index (χ0) is 34.9. The maximum Gasteiger partial charge on any atom is 0.258 e. The Balaban J connectivity index is 1.54. The highest BCUT2D eigenvalue weighted by Gasteiger charge is 2.72. The molecule has 0 saturated carbocycles. The Bertz CT molecular complexity index is 2100. The van der Waals surface area contributed by atoms with Crippen LogP contribution in [-0.4, -0.2) is 80.1 Å². The maximum absolute atomic E-state index is 16.1. The van der Waals surface area contributed by atoms with Gasteiger partial charge in [0.1, 0.15) is 6.26 Å². The van der Waals surface area contributed by atoms with E-state index in [1.807, 2.05) is 0 Å². The van der Waals surface area contributed by atoms with Crippen molar-refractivity contribution in [2.45, 2.75) is 17.2 Å². The van der Waals surface area contributed by atoms with Gasteiger partial charge in [-0.1, -0.05) is 12.1 Å². The topological polar surface area (TPSA) is 163 Å². The van der Waals surface area contributed by atoms with Crippen LogP contribution in [-0.2, 0) is 14.3 Å². The molecule has 5 aromatic heterocycles. The molecule has 1 amide bonds. The molecule has 12 nitrogen and oxygen atoms in total. The predicted molar refractivity (Wildman–Crippen MR) is 178 cm³/mol. The molecular weight excluding hydrogens is 683 g/mol. The lowest BCUT2D eigenvalue weighted by Crippen LogP contribution is -2.78. The van der Waals surface area contributed by atoms with E-state index in [0.717, 1.165) is 40.1 Å². The molecule has 50 heavy (non-hydrogen) atoms. The highest BCUT2D eigenvalue weighted by molar-refractivity contribution is 7.12. The molecule has 14 heteroatoms. The van der Waals surface area contributed by atoms with Crippen molar-refractivity contribution < 1.29 is 42.7 Å². The number of carbonyl (C=O) groups is 6. The van der Waals surface area contributed by atoms with Crippen LogP contribution in [0.15, 0.2) is 119 Å². The number of aromatic nitrogens is 2. The fraction of sp³-hybridized carbons (Fsp3) is 0.167. The van der Waals surface area contributed by atoms with Gasteiger partial charge in [0.05, 0.1) is 40.4 Å². The third-order valence-electron chi connectivity index (χ3n) is 8.67. The average molecular weight is 708 g/mol. The van der Waals surface area contributed by atoms with Crippen LogP contribution in [0.25, 0.3) is 0 Å². The van der Waals surface area contributed by atoms with Gasteiger partial charge in [-0.3, -0.25) is 38.7 Å².